The molecule has 0 aromatic carbocycles. The lowest BCUT2D eigenvalue weighted by Crippen LogP contribution is -2.20. The lowest BCUT2D eigenvalue weighted by molar-refractivity contribution is -0.141. The molecule has 0 N–H and O–H groups in total. The molecule has 2 unspecified atom stereocenters. The largest absolute Gasteiger partial charge is 0.459 e. The molecule has 1 aliphatic heterocycles. The first-order valence-electron chi connectivity index (χ1n) is 3.64. The van der Waals surface area contributed by atoms with Gasteiger partial charge in [-0.15, -0.1) is 0 Å². The zero-order valence-corrected chi connectivity index (χ0v) is 7.96. The smallest absolute Gasteiger partial charge is 0.333 e. The van der Waals surface area contributed by atoms with E-state index in [0.717, 1.165) is 0 Å². The van der Waals surface area contributed by atoms with Crippen molar-refractivity contribution in [3.63, 3.8) is 0 Å². The van der Waals surface area contributed by atoms with E-state index < -0.39 is 23.4 Å². The SMILES string of the molecule is C=C(C)C(=O)OCC1COS(=O)O1. The fraction of sp³-hybridized carbons (Fsp3) is 0.571. The molecular weight excluding hydrogens is 196 g/mol. The maximum atomic E-state index is 10.9. The second-order valence-corrected chi connectivity index (χ2v) is 3.42. The monoisotopic (exact) mass is 206 g/mol. The van der Waals surface area contributed by atoms with Crippen LogP contribution in [-0.4, -0.2) is 29.5 Å². The minimum atomic E-state index is -1.69. The van der Waals surface area contributed by atoms with Gasteiger partial charge in [0.25, 0.3) is 0 Å². The topological polar surface area (TPSA) is 61.8 Å². The predicted molar refractivity (Wildman–Crippen MR) is 44.7 cm³/mol. The van der Waals surface area contributed by atoms with Crippen LogP contribution in [0.5, 0.6) is 0 Å². The highest BCUT2D eigenvalue weighted by Gasteiger charge is 2.24. The summed E-state index contributed by atoms with van der Waals surface area (Å²) in [6, 6.07) is 0. The molecule has 6 heteroatoms. The molecule has 0 spiro atoms. The van der Waals surface area contributed by atoms with E-state index in [-0.39, 0.29) is 13.2 Å². The van der Waals surface area contributed by atoms with E-state index in [1.807, 2.05) is 0 Å². The van der Waals surface area contributed by atoms with E-state index in [9.17, 15) is 9.00 Å². The Morgan fingerprint density at radius 1 is 1.77 bits per heavy atom. The zero-order valence-electron chi connectivity index (χ0n) is 7.15. The first kappa shape index (κ1) is 10.4. The molecule has 0 amide bonds. The third-order valence-corrected chi connectivity index (χ3v) is 2.07. The number of ether oxygens (including phenoxy) is 1. The summed E-state index contributed by atoms with van der Waals surface area (Å²) in [6.07, 6.45) is -0.441. The standard InChI is InChI=1S/C7H10O5S/c1-5(2)7(8)10-3-6-4-11-13(9)12-6/h6H,1,3-4H2,2H3. The Kier molecular flexibility index (Phi) is 3.58. The third-order valence-electron chi connectivity index (χ3n) is 1.31. The quantitative estimate of drug-likeness (QED) is 0.484. The summed E-state index contributed by atoms with van der Waals surface area (Å²) < 4.78 is 24.6. The van der Waals surface area contributed by atoms with Crippen LogP contribution < -0.4 is 0 Å². The van der Waals surface area contributed by atoms with Gasteiger partial charge in [-0.1, -0.05) is 6.58 Å². The highest BCUT2D eigenvalue weighted by atomic mass is 32.2. The summed E-state index contributed by atoms with van der Waals surface area (Å²) in [6.45, 7) is 5.17. The zero-order chi connectivity index (χ0) is 9.84. The van der Waals surface area contributed by atoms with Crippen molar-refractivity contribution in [1.82, 2.24) is 0 Å². The van der Waals surface area contributed by atoms with Gasteiger partial charge in [-0.2, -0.15) is 4.21 Å². The van der Waals surface area contributed by atoms with E-state index in [0.29, 0.717) is 5.57 Å². The molecule has 1 fully saturated rings. The Morgan fingerprint density at radius 3 is 2.92 bits per heavy atom. The molecule has 1 saturated heterocycles. The Morgan fingerprint density at radius 2 is 2.46 bits per heavy atom. The molecule has 0 bridgehead atoms. The minimum absolute atomic E-state index is 0.0391. The van der Waals surface area contributed by atoms with Crippen LogP contribution >= 0.6 is 0 Å². The minimum Gasteiger partial charge on any atom is -0.459 e. The molecule has 0 aromatic heterocycles. The molecule has 1 heterocycles. The molecule has 1 aliphatic rings. The highest BCUT2D eigenvalue weighted by molar-refractivity contribution is 7.75. The van der Waals surface area contributed by atoms with Gasteiger partial charge in [-0.25, -0.2) is 4.79 Å². The molecule has 13 heavy (non-hydrogen) atoms. The van der Waals surface area contributed by atoms with Gasteiger partial charge in [0.05, 0.1) is 6.61 Å². The molecule has 2 atom stereocenters. The van der Waals surface area contributed by atoms with Crippen LogP contribution in [-0.2, 0) is 29.3 Å². The molecule has 5 nitrogen and oxygen atoms in total. The van der Waals surface area contributed by atoms with E-state index in [4.69, 9.17) is 8.92 Å². The van der Waals surface area contributed by atoms with Crippen LogP contribution in [0.4, 0.5) is 0 Å². The Balaban J connectivity index is 2.23. The average molecular weight is 206 g/mol. The molecule has 0 saturated carbocycles. The van der Waals surface area contributed by atoms with E-state index in [1.165, 1.54) is 0 Å². The second-order valence-electron chi connectivity index (χ2n) is 2.59. The van der Waals surface area contributed by atoms with Crippen LogP contribution in [0.1, 0.15) is 6.92 Å². The predicted octanol–water partition coefficient (Wildman–Crippen LogP) is 0.0998. The summed E-state index contributed by atoms with van der Waals surface area (Å²) in [4.78, 5) is 10.9. The van der Waals surface area contributed by atoms with Crippen molar-refractivity contribution in [2.24, 2.45) is 0 Å². The average Bonchev–Trinajstić information content (AvgIpc) is 2.47. The van der Waals surface area contributed by atoms with Gasteiger partial charge in [-0.05, 0) is 6.92 Å². The Labute approximate surface area is 78.5 Å². The van der Waals surface area contributed by atoms with Crippen LogP contribution in [0.2, 0.25) is 0 Å². The van der Waals surface area contributed by atoms with Crippen LogP contribution in [0.3, 0.4) is 0 Å². The molecule has 0 aromatic rings. The van der Waals surface area contributed by atoms with Crippen LogP contribution in [0, 0.1) is 0 Å². The lowest BCUT2D eigenvalue weighted by atomic mass is 10.3. The number of carbonyl (C=O) groups excluding carboxylic acids is 1. The van der Waals surface area contributed by atoms with Crippen molar-refractivity contribution in [2.75, 3.05) is 13.2 Å². The first-order chi connectivity index (χ1) is 6.09. The van der Waals surface area contributed by atoms with Crippen molar-refractivity contribution in [3.8, 4) is 0 Å². The lowest BCUT2D eigenvalue weighted by Gasteiger charge is -2.06. The Bertz CT molecular complexity index is 249. The maximum absolute atomic E-state index is 10.9. The third kappa shape index (κ3) is 3.25. The number of esters is 1. The van der Waals surface area contributed by atoms with E-state index >= 15 is 0 Å². The van der Waals surface area contributed by atoms with E-state index in [2.05, 4.69) is 10.8 Å². The second kappa shape index (κ2) is 4.50. The van der Waals surface area contributed by atoms with Gasteiger partial charge in [0, 0.05) is 5.57 Å². The van der Waals surface area contributed by atoms with E-state index in [1.54, 1.807) is 6.92 Å². The normalized spacial score (nSPS) is 27.2. The van der Waals surface area contributed by atoms with Crippen LogP contribution in [0.15, 0.2) is 12.2 Å². The number of rotatable bonds is 3. The maximum Gasteiger partial charge on any atom is 0.333 e. The van der Waals surface area contributed by atoms with Crippen LogP contribution in [0.25, 0.3) is 0 Å². The molecular formula is C7H10O5S. The van der Waals surface area contributed by atoms with Gasteiger partial charge >= 0.3 is 17.3 Å². The van der Waals surface area contributed by atoms with Crippen molar-refractivity contribution < 1.29 is 22.1 Å². The number of carbonyl (C=O) groups is 1. The van der Waals surface area contributed by atoms with Gasteiger partial charge < -0.3 is 4.74 Å². The van der Waals surface area contributed by atoms with Crippen molar-refractivity contribution in [3.05, 3.63) is 12.2 Å². The number of hydrogen-bond donors (Lipinski definition) is 0. The van der Waals surface area contributed by atoms with Gasteiger partial charge in [-0.3, -0.25) is 8.37 Å². The molecule has 0 aliphatic carbocycles. The van der Waals surface area contributed by atoms with Gasteiger partial charge in [0.2, 0.25) is 0 Å². The number of hydrogen-bond acceptors (Lipinski definition) is 5. The Hall–Kier alpha value is -0.720. The summed E-state index contributed by atoms with van der Waals surface area (Å²) in [5, 5.41) is 0. The fourth-order valence-electron chi connectivity index (χ4n) is 0.666. The van der Waals surface area contributed by atoms with Crippen molar-refractivity contribution >= 4 is 17.3 Å². The first-order valence-corrected chi connectivity index (χ1v) is 4.64. The summed E-state index contributed by atoms with van der Waals surface area (Å²) in [5.41, 5.74) is 0.319. The highest BCUT2D eigenvalue weighted by Crippen LogP contribution is 2.09. The van der Waals surface area contributed by atoms with Gasteiger partial charge in [0.1, 0.15) is 12.7 Å². The molecule has 74 valence electrons. The van der Waals surface area contributed by atoms with Gasteiger partial charge in [0.15, 0.2) is 0 Å². The van der Waals surface area contributed by atoms with Crippen molar-refractivity contribution in [1.29, 1.82) is 0 Å². The fourth-order valence-corrected chi connectivity index (χ4v) is 1.32. The summed E-state index contributed by atoms with van der Waals surface area (Å²) in [5.74, 6) is -0.485. The molecule has 0 radical (unpaired) electrons. The van der Waals surface area contributed by atoms with Crippen molar-refractivity contribution in [2.45, 2.75) is 13.0 Å². The summed E-state index contributed by atoms with van der Waals surface area (Å²) in [7, 11) is 0. The summed E-state index contributed by atoms with van der Waals surface area (Å²) >= 11 is -1.69. The molecule has 1 rings (SSSR count).